The van der Waals surface area contributed by atoms with Crippen LogP contribution in [0.1, 0.15) is 35.7 Å². The molecule has 5 nitrogen and oxygen atoms in total. The highest BCUT2D eigenvalue weighted by Crippen LogP contribution is 2.39. The zero-order valence-corrected chi connectivity index (χ0v) is 15.0. The molecule has 0 saturated heterocycles. The lowest BCUT2D eigenvalue weighted by atomic mass is 9.95. The molecule has 1 unspecified atom stereocenters. The zero-order valence-electron chi connectivity index (χ0n) is 14.1. The first-order valence-electron chi connectivity index (χ1n) is 7.88. The van der Waals surface area contributed by atoms with Crippen LogP contribution < -0.4 is 11.1 Å². The standard InChI is InChI=1S/C17H25FN2O3.ClH/c1-17(11-19,14-4-5-14)20-16(21)12-3-6-15(18)13(9-12)10-23-8-7-22-2;/h3,6,9,14H,4-5,7-8,10-11,19H2,1-2H3,(H,20,21);1H. The molecule has 1 aromatic rings. The van der Waals surface area contributed by atoms with Gasteiger partial charge in [-0.15, -0.1) is 12.4 Å². The quantitative estimate of drug-likeness (QED) is 0.662. The lowest BCUT2D eigenvalue weighted by Crippen LogP contribution is -2.53. The van der Waals surface area contributed by atoms with E-state index >= 15 is 0 Å². The number of nitrogens with two attached hydrogens (primary N) is 1. The predicted molar refractivity (Wildman–Crippen MR) is 92.8 cm³/mol. The fourth-order valence-corrected chi connectivity index (χ4v) is 2.52. The molecule has 1 amide bonds. The Morgan fingerprint density at radius 2 is 2.12 bits per heavy atom. The van der Waals surface area contributed by atoms with E-state index in [0.717, 1.165) is 12.8 Å². The van der Waals surface area contributed by atoms with E-state index in [1.54, 1.807) is 7.11 Å². The Morgan fingerprint density at radius 3 is 2.71 bits per heavy atom. The van der Waals surface area contributed by atoms with Gasteiger partial charge in [0.2, 0.25) is 0 Å². The van der Waals surface area contributed by atoms with E-state index in [-0.39, 0.29) is 30.7 Å². The van der Waals surface area contributed by atoms with Crippen molar-refractivity contribution in [1.29, 1.82) is 0 Å². The number of hydrogen-bond donors (Lipinski definition) is 2. The predicted octanol–water partition coefficient (Wildman–Crippen LogP) is 2.27. The summed E-state index contributed by atoms with van der Waals surface area (Å²) in [6, 6.07) is 4.30. The summed E-state index contributed by atoms with van der Waals surface area (Å²) in [4.78, 5) is 12.4. The van der Waals surface area contributed by atoms with Gasteiger partial charge in [0.15, 0.2) is 0 Å². The summed E-state index contributed by atoms with van der Waals surface area (Å²) >= 11 is 0. The van der Waals surface area contributed by atoms with Crippen molar-refractivity contribution in [3.63, 3.8) is 0 Å². The summed E-state index contributed by atoms with van der Waals surface area (Å²) in [5.74, 6) is -0.195. The number of carbonyl (C=O) groups is 1. The molecule has 0 radical (unpaired) electrons. The van der Waals surface area contributed by atoms with Crippen LogP contribution in [0.5, 0.6) is 0 Å². The van der Waals surface area contributed by atoms with Gasteiger partial charge in [0.1, 0.15) is 5.82 Å². The van der Waals surface area contributed by atoms with E-state index in [0.29, 0.717) is 36.8 Å². The van der Waals surface area contributed by atoms with E-state index in [4.69, 9.17) is 15.2 Å². The molecular formula is C17H26ClFN2O3. The Balaban J connectivity index is 0.00000288. The Labute approximate surface area is 148 Å². The SMILES string of the molecule is COCCOCc1cc(C(=O)NC(C)(CN)C2CC2)ccc1F.Cl. The van der Waals surface area contributed by atoms with Crippen LogP contribution in [-0.4, -0.2) is 38.3 Å². The van der Waals surface area contributed by atoms with Crippen molar-refractivity contribution in [2.75, 3.05) is 26.9 Å². The first-order chi connectivity index (χ1) is 11.0. The van der Waals surface area contributed by atoms with E-state index in [9.17, 15) is 9.18 Å². The summed E-state index contributed by atoms with van der Waals surface area (Å²) in [6.45, 7) is 3.27. The van der Waals surface area contributed by atoms with E-state index in [1.807, 2.05) is 6.92 Å². The molecule has 0 bridgehead atoms. The van der Waals surface area contributed by atoms with Crippen molar-refractivity contribution < 1.29 is 18.7 Å². The number of benzene rings is 1. The third-order valence-electron chi connectivity index (χ3n) is 4.30. The molecule has 1 aromatic carbocycles. The summed E-state index contributed by atoms with van der Waals surface area (Å²) in [5, 5.41) is 3.00. The van der Waals surface area contributed by atoms with E-state index in [2.05, 4.69) is 5.32 Å². The van der Waals surface area contributed by atoms with Crippen LogP contribution >= 0.6 is 12.4 Å². The van der Waals surface area contributed by atoms with Crippen molar-refractivity contribution in [2.24, 2.45) is 11.7 Å². The molecule has 1 aliphatic carbocycles. The smallest absolute Gasteiger partial charge is 0.251 e. The highest BCUT2D eigenvalue weighted by Gasteiger charge is 2.41. The Morgan fingerprint density at radius 1 is 1.42 bits per heavy atom. The summed E-state index contributed by atoms with van der Waals surface area (Å²) < 4.78 is 24.0. The van der Waals surface area contributed by atoms with Gasteiger partial charge in [0.25, 0.3) is 5.91 Å². The van der Waals surface area contributed by atoms with Crippen molar-refractivity contribution in [3.8, 4) is 0 Å². The van der Waals surface area contributed by atoms with Crippen molar-refractivity contribution in [1.82, 2.24) is 5.32 Å². The second kappa shape index (κ2) is 9.32. The van der Waals surface area contributed by atoms with Crippen LogP contribution in [0.2, 0.25) is 0 Å². The number of carbonyl (C=O) groups excluding carboxylic acids is 1. The third kappa shape index (κ3) is 5.41. The average molecular weight is 361 g/mol. The highest BCUT2D eigenvalue weighted by molar-refractivity contribution is 5.95. The molecule has 0 heterocycles. The van der Waals surface area contributed by atoms with Crippen molar-refractivity contribution >= 4 is 18.3 Å². The molecule has 0 aromatic heterocycles. The van der Waals surface area contributed by atoms with Gasteiger partial charge in [-0.05, 0) is 43.9 Å². The third-order valence-corrected chi connectivity index (χ3v) is 4.30. The minimum Gasteiger partial charge on any atom is -0.382 e. The highest BCUT2D eigenvalue weighted by atomic mass is 35.5. The summed E-state index contributed by atoms with van der Waals surface area (Å²) in [5.41, 5.74) is 6.18. The maximum Gasteiger partial charge on any atom is 0.251 e. The molecule has 1 aliphatic rings. The first-order valence-corrected chi connectivity index (χ1v) is 7.88. The topological polar surface area (TPSA) is 73.6 Å². The summed E-state index contributed by atoms with van der Waals surface area (Å²) in [6.07, 6.45) is 2.16. The van der Waals surface area contributed by atoms with Crippen LogP contribution in [0.4, 0.5) is 4.39 Å². The van der Waals surface area contributed by atoms with Gasteiger partial charge in [0.05, 0.1) is 25.4 Å². The number of nitrogens with one attached hydrogen (secondary N) is 1. The molecule has 0 spiro atoms. The lowest BCUT2D eigenvalue weighted by Gasteiger charge is -2.29. The van der Waals surface area contributed by atoms with E-state index in [1.165, 1.54) is 18.2 Å². The number of amides is 1. The Hall–Kier alpha value is -1.21. The molecule has 1 fully saturated rings. The van der Waals surface area contributed by atoms with Crippen LogP contribution in [0.15, 0.2) is 18.2 Å². The van der Waals surface area contributed by atoms with Crippen LogP contribution in [0.25, 0.3) is 0 Å². The zero-order chi connectivity index (χ0) is 16.9. The van der Waals surface area contributed by atoms with Gasteiger partial charge in [0, 0.05) is 24.8 Å². The van der Waals surface area contributed by atoms with Gasteiger partial charge in [-0.2, -0.15) is 0 Å². The van der Waals surface area contributed by atoms with Crippen LogP contribution in [-0.2, 0) is 16.1 Å². The molecular weight excluding hydrogens is 335 g/mol. The molecule has 0 aliphatic heterocycles. The normalized spacial score (nSPS) is 16.2. The summed E-state index contributed by atoms with van der Waals surface area (Å²) in [7, 11) is 1.57. The molecule has 136 valence electrons. The van der Waals surface area contributed by atoms with Gasteiger partial charge < -0.3 is 20.5 Å². The Bertz CT molecular complexity index is 555. The number of methoxy groups -OCH3 is 1. The Kier molecular flexibility index (Phi) is 8.09. The molecule has 2 rings (SSSR count). The monoisotopic (exact) mass is 360 g/mol. The van der Waals surface area contributed by atoms with Gasteiger partial charge in [-0.25, -0.2) is 4.39 Å². The molecule has 1 atom stereocenters. The number of rotatable bonds is 9. The number of ether oxygens (including phenoxy) is 2. The molecule has 24 heavy (non-hydrogen) atoms. The van der Waals surface area contributed by atoms with Gasteiger partial charge in [-0.3, -0.25) is 4.79 Å². The maximum absolute atomic E-state index is 13.8. The lowest BCUT2D eigenvalue weighted by molar-refractivity contribution is 0.0603. The number of halogens is 2. The van der Waals surface area contributed by atoms with Crippen LogP contribution in [0, 0.1) is 11.7 Å². The van der Waals surface area contributed by atoms with Crippen molar-refractivity contribution in [3.05, 3.63) is 35.1 Å². The minimum absolute atomic E-state index is 0. The minimum atomic E-state index is -0.402. The van der Waals surface area contributed by atoms with E-state index < -0.39 is 5.54 Å². The second-order valence-corrected chi connectivity index (χ2v) is 6.20. The van der Waals surface area contributed by atoms with Gasteiger partial charge in [-0.1, -0.05) is 0 Å². The molecule has 3 N–H and O–H groups in total. The fourth-order valence-electron chi connectivity index (χ4n) is 2.52. The second-order valence-electron chi connectivity index (χ2n) is 6.20. The largest absolute Gasteiger partial charge is 0.382 e. The fraction of sp³-hybridized carbons (Fsp3) is 0.588. The number of hydrogen-bond acceptors (Lipinski definition) is 4. The van der Waals surface area contributed by atoms with Crippen LogP contribution in [0.3, 0.4) is 0 Å². The average Bonchev–Trinajstić information content (AvgIpc) is 3.38. The maximum atomic E-state index is 13.8. The van der Waals surface area contributed by atoms with Gasteiger partial charge >= 0.3 is 0 Å². The molecule has 7 heteroatoms. The van der Waals surface area contributed by atoms with Crippen molar-refractivity contribution in [2.45, 2.75) is 31.9 Å². The first kappa shape index (κ1) is 20.8. The molecule has 1 saturated carbocycles.